The lowest BCUT2D eigenvalue weighted by Gasteiger charge is -2.20. The summed E-state index contributed by atoms with van der Waals surface area (Å²) in [6.45, 7) is 0. The van der Waals surface area contributed by atoms with Crippen molar-refractivity contribution >= 4 is 48.1 Å². The molecule has 1 aromatic carbocycles. The molecule has 2 saturated carbocycles. The SMILES string of the molecule is O=C(Nc1ncc(Br)s1)[C@H](C[C@H]1C[C@@H](F)[C@@H](F)C1)c1ccc(S(=O)(=O)C2CC2)cc1. The summed E-state index contributed by atoms with van der Waals surface area (Å²) in [7, 11) is -3.32. The number of hydrogen-bond donors (Lipinski definition) is 1. The van der Waals surface area contributed by atoms with Gasteiger partial charge in [-0.05, 0) is 71.6 Å². The van der Waals surface area contributed by atoms with Crippen LogP contribution in [0.3, 0.4) is 0 Å². The Morgan fingerprint density at radius 1 is 1.20 bits per heavy atom. The largest absolute Gasteiger partial charge is 0.301 e. The Morgan fingerprint density at radius 2 is 1.83 bits per heavy atom. The van der Waals surface area contributed by atoms with Crippen LogP contribution in [0.15, 0.2) is 39.1 Å². The third kappa shape index (κ3) is 4.75. The fourth-order valence-corrected chi connectivity index (χ4v) is 6.68. The summed E-state index contributed by atoms with van der Waals surface area (Å²) in [5, 5.41) is 2.87. The Labute approximate surface area is 186 Å². The zero-order valence-corrected chi connectivity index (χ0v) is 19.2. The van der Waals surface area contributed by atoms with Crippen LogP contribution in [0.2, 0.25) is 0 Å². The molecule has 4 rings (SSSR count). The van der Waals surface area contributed by atoms with Gasteiger partial charge in [0.2, 0.25) is 5.91 Å². The van der Waals surface area contributed by atoms with Gasteiger partial charge in [-0.2, -0.15) is 0 Å². The molecule has 2 aliphatic carbocycles. The van der Waals surface area contributed by atoms with Crippen molar-refractivity contribution in [1.82, 2.24) is 4.98 Å². The van der Waals surface area contributed by atoms with E-state index < -0.39 is 28.1 Å². The molecule has 1 heterocycles. The van der Waals surface area contributed by atoms with E-state index in [-0.39, 0.29) is 41.2 Å². The Bertz CT molecular complexity index is 1010. The van der Waals surface area contributed by atoms with Crippen LogP contribution in [0.4, 0.5) is 13.9 Å². The molecule has 2 aliphatic rings. The lowest BCUT2D eigenvalue weighted by Crippen LogP contribution is -2.23. The molecule has 2 aromatic rings. The summed E-state index contributed by atoms with van der Waals surface area (Å²) in [5.41, 5.74) is 0.621. The summed E-state index contributed by atoms with van der Waals surface area (Å²) >= 11 is 4.56. The van der Waals surface area contributed by atoms with Crippen LogP contribution in [0.5, 0.6) is 0 Å². The third-order valence-corrected chi connectivity index (χ3v) is 9.35. The second kappa shape index (κ2) is 8.63. The van der Waals surface area contributed by atoms with Crippen LogP contribution >= 0.6 is 27.3 Å². The minimum Gasteiger partial charge on any atom is -0.301 e. The molecule has 0 radical (unpaired) electrons. The molecule has 0 bridgehead atoms. The quantitative estimate of drug-likeness (QED) is 0.556. The summed E-state index contributed by atoms with van der Waals surface area (Å²) in [6.07, 6.45) is 0.381. The van der Waals surface area contributed by atoms with Gasteiger partial charge in [-0.1, -0.05) is 23.5 Å². The molecule has 1 aromatic heterocycles. The average molecular weight is 519 g/mol. The molecule has 0 saturated heterocycles. The highest BCUT2D eigenvalue weighted by Gasteiger charge is 2.38. The van der Waals surface area contributed by atoms with Gasteiger partial charge in [-0.25, -0.2) is 22.2 Å². The fraction of sp³-hybridized carbons (Fsp3) is 0.500. The highest BCUT2D eigenvalue weighted by molar-refractivity contribution is 9.11. The molecule has 2 fully saturated rings. The van der Waals surface area contributed by atoms with Crippen LogP contribution in [-0.2, 0) is 14.6 Å². The van der Waals surface area contributed by atoms with Crippen LogP contribution in [0.25, 0.3) is 0 Å². The van der Waals surface area contributed by atoms with Gasteiger partial charge in [0.1, 0.15) is 12.3 Å². The van der Waals surface area contributed by atoms with Crippen molar-refractivity contribution in [2.24, 2.45) is 5.92 Å². The number of alkyl halides is 2. The van der Waals surface area contributed by atoms with E-state index in [0.29, 0.717) is 23.5 Å². The number of nitrogens with one attached hydrogen (secondary N) is 1. The molecule has 5 nitrogen and oxygen atoms in total. The maximum Gasteiger partial charge on any atom is 0.233 e. The van der Waals surface area contributed by atoms with E-state index in [4.69, 9.17) is 0 Å². The number of hydrogen-bond acceptors (Lipinski definition) is 5. The number of sulfone groups is 1. The van der Waals surface area contributed by atoms with Gasteiger partial charge < -0.3 is 5.32 Å². The van der Waals surface area contributed by atoms with Crippen LogP contribution in [-0.4, -0.2) is 36.9 Å². The van der Waals surface area contributed by atoms with Crippen LogP contribution in [0.1, 0.15) is 43.6 Å². The van der Waals surface area contributed by atoms with Crippen molar-refractivity contribution in [1.29, 1.82) is 0 Å². The Morgan fingerprint density at radius 3 is 2.37 bits per heavy atom. The van der Waals surface area contributed by atoms with Crippen molar-refractivity contribution < 1.29 is 22.0 Å². The second-order valence-corrected chi connectivity index (χ2v) is 12.6. The smallest absolute Gasteiger partial charge is 0.233 e. The number of carbonyl (C=O) groups excluding carboxylic acids is 1. The predicted octanol–water partition coefficient (Wildman–Crippen LogP) is 5.04. The fourth-order valence-electron chi connectivity index (χ4n) is 3.91. The summed E-state index contributed by atoms with van der Waals surface area (Å²) < 4.78 is 53.0. The van der Waals surface area contributed by atoms with Gasteiger partial charge >= 0.3 is 0 Å². The molecule has 4 atom stereocenters. The van der Waals surface area contributed by atoms with Crippen molar-refractivity contribution in [2.45, 2.75) is 60.5 Å². The van der Waals surface area contributed by atoms with Gasteiger partial charge in [-0.15, -0.1) is 0 Å². The molecule has 1 N–H and O–H groups in total. The van der Waals surface area contributed by atoms with Crippen LogP contribution < -0.4 is 5.32 Å². The lowest BCUT2D eigenvalue weighted by atomic mass is 9.87. The topological polar surface area (TPSA) is 76.1 Å². The molecule has 162 valence electrons. The van der Waals surface area contributed by atoms with Gasteiger partial charge in [0.05, 0.1) is 26.0 Å². The number of nitrogens with zero attached hydrogens (tertiary/aromatic N) is 1. The highest BCUT2D eigenvalue weighted by atomic mass is 79.9. The zero-order chi connectivity index (χ0) is 21.5. The average Bonchev–Trinajstić information content (AvgIpc) is 3.42. The molecule has 0 spiro atoms. The zero-order valence-electron chi connectivity index (χ0n) is 15.9. The molecular formula is C20H21BrF2N2O3S2. The van der Waals surface area contributed by atoms with E-state index in [1.807, 2.05) is 0 Å². The number of benzene rings is 1. The number of anilines is 1. The monoisotopic (exact) mass is 518 g/mol. The first-order chi connectivity index (χ1) is 14.2. The summed E-state index contributed by atoms with van der Waals surface area (Å²) in [6, 6.07) is 6.31. The van der Waals surface area contributed by atoms with E-state index in [0.717, 1.165) is 3.79 Å². The molecule has 0 aliphatic heterocycles. The van der Waals surface area contributed by atoms with Gasteiger partial charge in [0.15, 0.2) is 15.0 Å². The Balaban J connectivity index is 1.56. The molecule has 1 amide bonds. The third-order valence-electron chi connectivity index (χ3n) is 5.68. The number of halogens is 3. The van der Waals surface area contributed by atoms with Crippen molar-refractivity contribution in [3.05, 3.63) is 39.8 Å². The Hall–Kier alpha value is -1.39. The molecule has 30 heavy (non-hydrogen) atoms. The molecule has 10 heteroatoms. The normalized spacial score (nSPS) is 25.2. The second-order valence-electron chi connectivity index (χ2n) is 7.93. The van der Waals surface area contributed by atoms with E-state index >= 15 is 0 Å². The number of carbonyl (C=O) groups is 1. The van der Waals surface area contributed by atoms with Crippen molar-refractivity contribution in [3.63, 3.8) is 0 Å². The minimum atomic E-state index is -3.32. The number of amides is 1. The van der Waals surface area contributed by atoms with Gasteiger partial charge in [-0.3, -0.25) is 4.79 Å². The summed E-state index contributed by atoms with van der Waals surface area (Å²) in [4.78, 5) is 17.3. The van der Waals surface area contributed by atoms with Crippen LogP contribution in [0, 0.1) is 5.92 Å². The van der Waals surface area contributed by atoms with Crippen molar-refractivity contribution in [3.8, 4) is 0 Å². The molecular weight excluding hydrogens is 498 g/mol. The minimum absolute atomic E-state index is 0.0852. The van der Waals surface area contributed by atoms with E-state index in [1.165, 1.54) is 23.5 Å². The predicted molar refractivity (Wildman–Crippen MR) is 115 cm³/mol. The number of aromatic nitrogens is 1. The maximum atomic E-state index is 13.7. The molecule has 0 unspecified atom stereocenters. The maximum absolute atomic E-state index is 13.7. The Kier molecular flexibility index (Phi) is 6.28. The highest BCUT2D eigenvalue weighted by Crippen LogP contribution is 2.39. The first kappa shape index (κ1) is 21.8. The van der Waals surface area contributed by atoms with E-state index in [2.05, 4.69) is 26.2 Å². The van der Waals surface area contributed by atoms with Gasteiger partial charge in [0.25, 0.3) is 0 Å². The van der Waals surface area contributed by atoms with E-state index in [9.17, 15) is 22.0 Å². The first-order valence-electron chi connectivity index (χ1n) is 9.78. The first-order valence-corrected chi connectivity index (χ1v) is 12.9. The number of thiazole rings is 1. The van der Waals surface area contributed by atoms with Gasteiger partial charge in [0, 0.05) is 0 Å². The lowest BCUT2D eigenvalue weighted by molar-refractivity contribution is -0.118. The number of rotatable bonds is 7. The van der Waals surface area contributed by atoms with E-state index in [1.54, 1.807) is 18.3 Å². The standard InChI is InChI=1S/C20H21BrF2N2O3S2/c21-18-10-24-20(29-18)25-19(26)15(7-11-8-16(22)17(23)9-11)12-1-3-13(4-2-12)30(27,28)14-5-6-14/h1-4,10-11,14-17H,5-9H2,(H,24,25,26)/t11-,15-,16+,17-/m1/s1. The van der Waals surface area contributed by atoms with Crippen molar-refractivity contribution in [2.75, 3.05) is 5.32 Å². The summed E-state index contributed by atoms with van der Waals surface area (Å²) in [5.74, 6) is -1.25.